The topological polar surface area (TPSA) is 98.3 Å². The molecule has 2 aromatic heterocycles. The van der Waals surface area contributed by atoms with E-state index in [1.807, 2.05) is 18.2 Å². The van der Waals surface area contributed by atoms with Gasteiger partial charge in [0, 0.05) is 36.1 Å². The maximum absolute atomic E-state index is 13.4. The first-order chi connectivity index (χ1) is 15.2. The van der Waals surface area contributed by atoms with Crippen LogP contribution in [0.5, 0.6) is 0 Å². The molecule has 3 heterocycles. The number of halogens is 2. The molecule has 0 radical (unpaired) electrons. The molecule has 7 nitrogen and oxygen atoms in total. The fourth-order valence-electron chi connectivity index (χ4n) is 3.86. The Kier molecular flexibility index (Phi) is 6.42. The number of hydrogen-bond acceptors (Lipinski definition) is 4. The van der Waals surface area contributed by atoms with Gasteiger partial charge in [0.15, 0.2) is 0 Å². The van der Waals surface area contributed by atoms with Crippen LogP contribution < -0.4 is 5.32 Å². The number of piperidine rings is 1. The van der Waals surface area contributed by atoms with Gasteiger partial charge in [-0.3, -0.25) is 9.59 Å². The van der Waals surface area contributed by atoms with Crippen LogP contribution in [0, 0.1) is 0 Å². The van der Waals surface area contributed by atoms with Gasteiger partial charge in [-0.25, -0.2) is 4.98 Å². The van der Waals surface area contributed by atoms with Crippen molar-refractivity contribution in [2.24, 2.45) is 0 Å². The predicted molar refractivity (Wildman–Crippen MR) is 124 cm³/mol. The van der Waals surface area contributed by atoms with E-state index in [1.165, 1.54) is 6.20 Å². The minimum Gasteiger partial charge on any atom is -0.390 e. The SMILES string of the molecule is CC1(O)CCN(C(=O)[C@H](Cc2ccccc2Cl)NC(=O)c2cc3cc(Cl)cnc3[nH]2)CC1. The molecule has 1 saturated heterocycles. The van der Waals surface area contributed by atoms with Crippen LogP contribution in [0.2, 0.25) is 10.0 Å². The number of amides is 2. The van der Waals surface area contributed by atoms with Crippen molar-refractivity contribution in [1.29, 1.82) is 0 Å². The van der Waals surface area contributed by atoms with Gasteiger partial charge in [-0.2, -0.15) is 0 Å². The zero-order valence-electron chi connectivity index (χ0n) is 17.6. The highest BCUT2D eigenvalue weighted by Gasteiger charge is 2.33. The maximum atomic E-state index is 13.4. The highest BCUT2D eigenvalue weighted by molar-refractivity contribution is 6.31. The van der Waals surface area contributed by atoms with Crippen molar-refractivity contribution < 1.29 is 14.7 Å². The molecule has 0 aliphatic carbocycles. The van der Waals surface area contributed by atoms with Crippen molar-refractivity contribution in [2.45, 2.75) is 37.8 Å². The van der Waals surface area contributed by atoms with E-state index in [0.29, 0.717) is 47.0 Å². The van der Waals surface area contributed by atoms with Crippen molar-refractivity contribution in [3.63, 3.8) is 0 Å². The molecule has 0 saturated carbocycles. The van der Waals surface area contributed by atoms with E-state index in [1.54, 1.807) is 30.0 Å². The number of carbonyl (C=O) groups is 2. The molecule has 1 fully saturated rings. The highest BCUT2D eigenvalue weighted by Crippen LogP contribution is 2.23. The van der Waals surface area contributed by atoms with Crippen LogP contribution in [0.15, 0.2) is 42.6 Å². The molecule has 0 spiro atoms. The van der Waals surface area contributed by atoms with E-state index >= 15 is 0 Å². The summed E-state index contributed by atoms with van der Waals surface area (Å²) in [6.45, 7) is 2.62. The van der Waals surface area contributed by atoms with Crippen LogP contribution in [0.1, 0.15) is 35.8 Å². The van der Waals surface area contributed by atoms with E-state index in [4.69, 9.17) is 23.2 Å². The first kappa shape index (κ1) is 22.6. The van der Waals surface area contributed by atoms with Gasteiger partial charge < -0.3 is 20.3 Å². The molecule has 1 atom stereocenters. The molecule has 168 valence electrons. The second-order valence-corrected chi connectivity index (χ2v) is 9.26. The Bertz CT molecular complexity index is 1150. The van der Waals surface area contributed by atoms with E-state index in [-0.39, 0.29) is 18.0 Å². The molecular formula is C23H24Cl2N4O3. The number of rotatable bonds is 5. The average molecular weight is 475 g/mol. The molecular weight excluding hydrogens is 451 g/mol. The summed E-state index contributed by atoms with van der Waals surface area (Å²) >= 11 is 12.3. The first-order valence-corrected chi connectivity index (χ1v) is 11.2. The number of likely N-dealkylation sites (tertiary alicyclic amines) is 1. The molecule has 2 amide bonds. The fraction of sp³-hybridized carbons (Fsp3) is 0.348. The summed E-state index contributed by atoms with van der Waals surface area (Å²) in [5.74, 6) is -0.625. The van der Waals surface area contributed by atoms with Crippen LogP contribution in [0.25, 0.3) is 11.0 Å². The lowest BCUT2D eigenvalue weighted by Crippen LogP contribution is -2.53. The number of fused-ring (bicyclic) bond motifs is 1. The van der Waals surface area contributed by atoms with E-state index in [0.717, 1.165) is 5.56 Å². The van der Waals surface area contributed by atoms with Crippen molar-refractivity contribution in [3.8, 4) is 0 Å². The summed E-state index contributed by atoms with van der Waals surface area (Å²) in [7, 11) is 0. The Hall–Kier alpha value is -2.61. The average Bonchev–Trinajstić information content (AvgIpc) is 3.17. The summed E-state index contributed by atoms with van der Waals surface area (Å²) in [5.41, 5.74) is 0.804. The normalized spacial score (nSPS) is 16.7. The summed E-state index contributed by atoms with van der Waals surface area (Å²) in [5, 5.41) is 14.8. The van der Waals surface area contributed by atoms with Gasteiger partial charge in [0.25, 0.3) is 5.91 Å². The van der Waals surface area contributed by atoms with E-state index in [9.17, 15) is 14.7 Å². The third kappa shape index (κ3) is 5.06. The number of aliphatic hydroxyl groups is 1. The number of benzene rings is 1. The molecule has 1 aliphatic heterocycles. The molecule has 0 bridgehead atoms. The number of aromatic nitrogens is 2. The smallest absolute Gasteiger partial charge is 0.268 e. The Morgan fingerprint density at radius 2 is 1.97 bits per heavy atom. The zero-order chi connectivity index (χ0) is 22.9. The van der Waals surface area contributed by atoms with E-state index < -0.39 is 17.6 Å². The minimum absolute atomic E-state index is 0.203. The minimum atomic E-state index is -0.812. The summed E-state index contributed by atoms with van der Waals surface area (Å²) in [4.78, 5) is 35.2. The summed E-state index contributed by atoms with van der Waals surface area (Å²) in [6, 6.07) is 9.80. The number of carbonyl (C=O) groups excluding carboxylic acids is 2. The van der Waals surface area contributed by atoms with E-state index in [2.05, 4.69) is 15.3 Å². The maximum Gasteiger partial charge on any atom is 0.268 e. The number of pyridine rings is 1. The number of nitrogens with one attached hydrogen (secondary N) is 2. The van der Waals surface area contributed by atoms with Crippen LogP contribution in [-0.2, 0) is 11.2 Å². The lowest BCUT2D eigenvalue weighted by molar-refractivity contribution is -0.137. The van der Waals surface area contributed by atoms with Crippen molar-refractivity contribution in [1.82, 2.24) is 20.2 Å². The second-order valence-electron chi connectivity index (χ2n) is 8.42. The molecule has 4 rings (SSSR count). The highest BCUT2D eigenvalue weighted by atomic mass is 35.5. The molecule has 1 aromatic carbocycles. The number of aromatic amines is 1. The molecule has 3 aromatic rings. The molecule has 32 heavy (non-hydrogen) atoms. The molecule has 9 heteroatoms. The number of hydrogen-bond donors (Lipinski definition) is 3. The first-order valence-electron chi connectivity index (χ1n) is 10.4. The third-order valence-electron chi connectivity index (χ3n) is 5.82. The van der Waals surface area contributed by atoms with Gasteiger partial charge in [-0.15, -0.1) is 0 Å². The lowest BCUT2D eigenvalue weighted by atomic mass is 9.93. The van der Waals surface area contributed by atoms with Gasteiger partial charge in [0.1, 0.15) is 17.4 Å². The Morgan fingerprint density at radius 1 is 1.25 bits per heavy atom. The quantitative estimate of drug-likeness (QED) is 0.526. The largest absolute Gasteiger partial charge is 0.390 e. The van der Waals surface area contributed by atoms with Crippen molar-refractivity contribution in [2.75, 3.05) is 13.1 Å². The Morgan fingerprint density at radius 3 is 2.69 bits per heavy atom. The lowest BCUT2D eigenvalue weighted by Gasteiger charge is -2.37. The Labute approximate surface area is 195 Å². The third-order valence-corrected chi connectivity index (χ3v) is 6.39. The predicted octanol–water partition coefficient (Wildman–Crippen LogP) is 3.58. The fourth-order valence-corrected chi connectivity index (χ4v) is 4.24. The Balaban J connectivity index is 1.57. The number of H-pyrrole nitrogens is 1. The summed E-state index contributed by atoms with van der Waals surface area (Å²) in [6.07, 6.45) is 2.72. The second kappa shape index (κ2) is 9.10. The van der Waals surface area contributed by atoms with Gasteiger partial charge >= 0.3 is 0 Å². The van der Waals surface area contributed by atoms with Crippen LogP contribution in [0.4, 0.5) is 0 Å². The molecule has 1 aliphatic rings. The summed E-state index contributed by atoms with van der Waals surface area (Å²) < 4.78 is 0. The molecule has 0 unspecified atom stereocenters. The van der Waals surface area contributed by atoms with Crippen molar-refractivity contribution in [3.05, 3.63) is 63.9 Å². The van der Waals surface area contributed by atoms with Crippen LogP contribution >= 0.6 is 23.2 Å². The van der Waals surface area contributed by atoms with Gasteiger partial charge in [0.05, 0.1) is 10.6 Å². The van der Waals surface area contributed by atoms with Crippen LogP contribution in [-0.4, -0.2) is 56.5 Å². The monoisotopic (exact) mass is 474 g/mol. The van der Waals surface area contributed by atoms with Crippen molar-refractivity contribution >= 4 is 46.0 Å². The zero-order valence-corrected chi connectivity index (χ0v) is 19.1. The van der Waals surface area contributed by atoms with Gasteiger partial charge in [-0.1, -0.05) is 41.4 Å². The van der Waals surface area contributed by atoms with Gasteiger partial charge in [0.2, 0.25) is 5.91 Å². The number of nitrogens with zero attached hydrogens (tertiary/aromatic N) is 2. The molecule has 3 N–H and O–H groups in total. The standard InChI is InChI=1S/C23H24Cl2N4O3/c1-23(32)6-8-29(9-7-23)22(31)19(11-14-4-2-3-5-17(14)25)28-21(30)18-12-15-10-16(24)13-26-20(15)27-18/h2-5,10,12-13,19,32H,6-9,11H2,1H3,(H,26,27)(H,28,30)/t19-/m0/s1. The van der Waals surface area contributed by atoms with Crippen LogP contribution in [0.3, 0.4) is 0 Å². The van der Waals surface area contributed by atoms with Gasteiger partial charge in [-0.05, 0) is 43.5 Å².